The molecule has 1 aromatic carbocycles. The summed E-state index contributed by atoms with van der Waals surface area (Å²) in [7, 11) is 0. The Labute approximate surface area is 123 Å². The van der Waals surface area contributed by atoms with E-state index in [1.807, 2.05) is 19.1 Å². The van der Waals surface area contributed by atoms with E-state index < -0.39 is 5.60 Å². The predicted molar refractivity (Wildman–Crippen MR) is 84.5 cm³/mol. The smallest absolute Gasteiger partial charge is 0.123 e. The monoisotopic (exact) mass is 279 g/mol. The highest BCUT2D eigenvalue weighted by Gasteiger charge is 2.24. The van der Waals surface area contributed by atoms with Crippen molar-refractivity contribution in [2.45, 2.75) is 52.6 Å². The fourth-order valence-electron chi connectivity index (χ4n) is 2.03. The minimum Gasteiger partial charge on any atom is -0.490 e. The maximum Gasteiger partial charge on any atom is 0.123 e. The van der Waals surface area contributed by atoms with Crippen LogP contribution in [0.5, 0.6) is 5.75 Å². The van der Waals surface area contributed by atoms with E-state index in [0.29, 0.717) is 6.54 Å². The Bertz CT molecular complexity index is 433. The molecule has 1 rings (SSSR count). The van der Waals surface area contributed by atoms with Gasteiger partial charge in [0, 0.05) is 6.54 Å². The van der Waals surface area contributed by atoms with Crippen LogP contribution < -0.4 is 10.1 Å². The van der Waals surface area contributed by atoms with Gasteiger partial charge in [-0.15, -0.1) is 0 Å². The first-order valence-electron chi connectivity index (χ1n) is 7.33. The minimum absolute atomic E-state index is 0.0227. The second kappa shape index (κ2) is 6.59. The molecule has 0 heterocycles. The van der Waals surface area contributed by atoms with Crippen molar-refractivity contribution in [1.29, 1.82) is 0 Å². The fraction of sp³-hybridized carbons (Fsp3) is 0.647. The first-order valence-corrected chi connectivity index (χ1v) is 7.33. The molecule has 0 aromatic heterocycles. The van der Waals surface area contributed by atoms with Gasteiger partial charge >= 0.3 is 0 Å². The topological polar surface area (TPSA) is 41.5 Å². The summed E-state index contributed by atoms with van der Waals surface area (Å²) in [5.74, 6) is 0.861. The molecule has 3 nitrogen and oxygen atoms in total. The van der Waals surface area contributed by atoms with Gasteiger partial charge in [0.25, 0.3) is 0 Å². The van der Waals surface area contributed by atoms with Gasteiger partial charge in [0.1, 0.15) is 18.0 Å². The number of aliphatic hydroxyl groups is 1. The lowest BCUT2D eigenvalue weighted by Crippen LogP contribution is -2.43. The molecule has 0 aliphatic rings. The third-order valence-corrected chi connectivity index (χ3v) is 3.24. The summed E-state index contributed by atoms with van der Waals surface area (Å²) < 4.78 is 5.89. The van der Waals surface area contributed by atoms with Crippen LogP contribution in [0.3, 0.4) is 0 Å². The van der Waals surface area contributed by atoms with E-state index in [9.17, 15) is 5.11 Å². The van der Waals surface area contributed by atoms with Crippen molar-refractivity contribution < 1.29 is 9.84 Å². The minimum atomic E-state index is -0.865. The summed E-state index contributed by atoms with van der Waals surface area (Å²) >= 11 is 0. The second-order valence-electron chi connectivity index (χ2n) is 6.82. The highest BCUT2D eigenvalue weighted by Crippen LogP contribution is 2.32. The lowest BCUT2D eigenvalue weighted by atomic mass is 9.85. The Kier molecular flexibility index (Phi) is 5.60. The Morgan fingerprint density at radius 1 is 1.20 bits per heavy atom. The van der Waals surface area contributed by atoms with Crippen molar-refractivity contribution in [2.24, 2.45) is 0 Å². The molecule has 1 aromatic rings. The Morgan fingerprint density at radius 3 is 2.40 bits per heavy atom. The van der Waals surface area contributed by atoms with Crippen LogP contribution in [-0.4, -0.2) is 30.4 Å². The number of ether oxygens (including phenoxy) is 1. The van der Waals surface area contributed by atoms with Crippen molar-refractivity contribution in [3.05, 3.63) is 29.3 Å². The molecule has 1 unspecified atom stereocenters. The average molecular weight is 279 g/mol. The number of rotatable bonds is 6. The fourth-order valence-corrected chi connectivity index (χ4v) is 2.03. The van der Waals surface area contributed by atoms with Gasteiger partial charge in [0.2, 0.25) is 0 Å². The molecule has 0 aliphatic heterocycles. The summed E-state index contributed by atoms with van der Waals surface area (Å²) in [4.78, 5) is 0. The quantitative estimate of drug-likeness (QED) is 0.841. The van der Waals surface area contributed by atoms with Crippen LogP contribution in [0, 0.1) is 6.92 Å². The molecule has 0 bridgehead atoms. The number of aryl methyl sites for hydroxylation is 1. The molecule has 0 saturated carbocycles. The maximum atomic E-state index is 10.3. The molecule has 0 radical (unpaired) electrons. The van der Waals surface area contributed by atoms with Crippen molar-refractivity contribution in [2.75, 3.05) is 19.7 Å². The Morgan fingerprint density at radius 2 is 1.85 bits per heavy atom. The van der Waals surface area contributed by atoms with E-state index >= 15 is 0 Å². The number of nitrogens with one attached hydrogen (secondary N) is 1. The van der Waals surface area contributed by atoms with E-state index in [1.165, 1.54) is 11.1 Å². The zero-order valence-electron chi connectivity index (χ0n) is 13.7. The SMILES string of the molecule is CCNCC(C)(O)COc1ccc(C)cc1C(C)(C)C. The normalized spacial score (nSPS) is 14.9. The lowest BCUT2D eigenvalue weighted by molar-refractivity contribution is 0.0122. The zero-order chi connectivity index (χ0) is 15.4. The van der Waals surface area contributed by atoms with Crippen molar-refractivity contribution >= 4 is 0 Å². The van der Waals surface area contributed by atoms with Crippen LogP contribution in [0.1, 0.15) is 45.7 Å². The van der Waals surface area contributed by atoms with Gasteiger partial charge in [-0.1, -0.05) is 45.4 Å². The summed E-state index contributed by atoms with van der Waals surface area (Å²) in [6.07, 6.45) is 0. The van der Waals surface area contributed by atoms with Gasteiger partial charge in [-0.2, -0.15) is 0 Å². The molecule has 20 heavy (non-hydrogen) atoms. The molecule has 0 aliphatic carbocycles. The second-order valence-corrected chi connectivity index (χ2v) is 6.82. The molecule has 0 saturated heterocycles. The van der Waals surface area contributed by atoms with Gasteiger partial charge in [-0.3, -0.25) is 0 Å². The van der Waals surface area contributed by atoms with E-state index in [0.717, 1.165) is 12.3 Å². The zero-order valence-corrected chi connectivity index (χ0v) is 13.7. The average Bonchev–Trinajstić information content (AvgIpc) is 2.34. The molecular weight excluding hydrogens is 250 g/mol. The first-order chi connectivity index (χ1) is 9.15. The van der Waals surface area contributed by atoms with Gasteiger partial charge in [-0.05, 0) is 37.4 Å². The third kappa shape index (κ3) is 5.14. The number of hydrogen-bond donors (Lipinski definition) is 2. The molecule has 114 valence electrons. The van der Waals surface area contributed by atoms with Crippen LogP contribution in [0.15, 0.2) is 18.2 Å². The lowest BCUT2D eigenvalue weighted by Gasteiger charge is -2.27. The van der Waals surface area contributed by atoms with E-state index in [-0.39, 0.29) is 12.0 Å². The largest absolute Gasteiger partial charge is 0.490 e. The molecule has 0 amide bonds. The van der Waals surface area contributed by atoms with Gasteiger partial charge in [-0.25, -0.2) is 0 Å². The molecular formula is C17H29NO2. The van der Waals surface area contributed by atoms with Crippen molar-refractivity contribution in [1.82, 2.24) is 5.32 Å². The van der Waals surface area contributed by atoms with Crippen LogP contribution in [-0.2, 0) is 5.41 Å². The molecule has 3 heteroatoms. The molecule has 1 atom stereocenters. The number of hydrogen-bond acceptors (Lipinski definition) is 3. The van der Waals surface area contributed by atoms with E-state index in [1.54, 1.807) is 6.92 Å². The Balaban J connectivity index is 2.83. The van der Waals surface area contributed by atoms with E-state index in [4.69, 9.17) is 4.74 Å². The van der Waals surface area contributed by atoms with Crippen molar-refractivity contribution in [3.8, 4) is 5.75 Å². The molecule has 0 fully saturated rings. The highest BCUT2D eigenvalue weighted by molar-refractivity contribution is 5.41. The third-order valence-electron chi connectivity index (χ3n) is 3.24. The van der Waals surface area contributed by atoms with Crippen LogP contribution >= 0.6 is 0 Å². The van der Waals surface area contributed by atoms with Crippen molar-refractivity contribution in [3.63, 3.8) is 0 Å². The summed E-state index contributed by atoms with van der Waals surface area (Å²) in [6.45, 7) is 14.1. The summed E-state index contributed by atoms with van der Waals surface area (Å²) in [5, 5.41) is 13.4. The number of benzene rings is 1. The Hall–Kier alpha value is -1.06. The van der Waals surface area contributed by atoms with Gasteiger partial charge < -0.3 is 15.2 Å². The molecule has 2 N–H and O–H groups in total. The van der Waals surface area contributed by atoms with Gasteiger partial charge in [0.05, 0.1) is 0 Å². The summed E-state index contributed by atoms with van der Waals surface area (Å²) in [5.41, 5.74) is 1.56. The van der Waals surface area contributed by atoms with E-state index in [2.05, 4.69) is 39.1 Å². The summed E-state index contributed by atoms with van der Waals surface area (Å²) in [6, 6.07) is 6.21. The highest BCUT2D eigenvalue weighted by atomic mass is 16.5. The van der Waals surface area contributed by atoms with Crippen LogP contribution in [0.25, 0.3) is 0 Å². The predicted octanol–water partition coefficient (Wildman–Crippen LogP) is 3.03. The van der Waals surface area contributed by atoms with Gasteiger partial charge in [0.15, 0.2) is 0 Å². The number of likely N-dealkylation sites (N-methyl/N-ethyl adjacent to an activating group) is 1. The standard InChI is InChI=1S/C17H29NO2/c1-7-18-11-17(6,19)12-20-15-9-8-13(2)10-14(15)16(3,4)5/h8-10,18-19H,7,11-12H2,1-6H3. The molecule has 0 spiro atoms. The van der Waals surface area contributed by atoms with Crippen LogP contribution in [0.4, 0.5) is 0 Å². The maximum absolute atomic E-state index is 10.3. The first kappa shape index (κ1) is 17.0. The van der Waals surface area contributed by atoms with Crippen LogP contribution in [0.2, 0.25) is 0 Å².